The largest absolute Gasteiger partial charge is 0.332 e. The molecule has 0 unspecified atom stereocenters. The highest BCUT2D eigenvalue weighted by atomic mass is 16.1. The third-order valence-electron chi connectivity index (χ3n) is 5.01. The summed E-state index contributed by atoms with van der Waals surface area (Å²) in [7, 11) is 0. The first kappa shape index (κ1) is 15.1. The second-order valence-electron chi connectivity index (χ2n) is 6.92. The van der Waals surface area contributed by atoms with Gasteiger partial charge >= 0.3 is 0 Å². The molecule has 0 aliphatic rings. The summed E-state index contributed by atoms with van der Waals surface area (Å²) in [4.78, 5) is 28.1. The minimum atomic E-state index is -0.233. The molecule has 0 spiro atoms. The Labute approximate surface area is 157 Å². The molecule has 6 aromatic rings. The minimum Gasteiger partial charge on any atom is -0.332 e. The van der Waals surface area contributed by atoms with E-state index in [2.05, 4.69) is 25.0 Å². The highest BCUT2D eigenvalue weighted by molar-refractivity contribution is 5.99. The van der Waals surface area contributed by atoms with Crippen molar-refractivity contribution < 1.29 is 0 Å². The molecule has 134 valence electrons. The molecule has 28 heavy (non-hydrogen) atoms. The summed E-state index contributed by atoms with van der Waals surface area (Å²) in [5, 5.41) is 6.42. The molecule has 4 heterocycles. The Hall–Kier alpha value is -4.00. The van der Waals surface area contributed by atoms with Gasteiger partial charge in [0, 0.05) is 10.9 Å². The second-order valence-corrected chi connectivity index (χ2v) is 6.92. The fourth-order valence-electron chi connectivity index (χ4n) is 3.63. The van der Waals surface area contributed by atoms with Gasteiger partial charge in [-0.1, -0.05) is 42.5 Å². The monoisotopic (exact) mass is 366 g/mol. The lowest BCUT2D eigenvalue weighted by molar-refractivity contribution is 0.973. The number of hydrogen-bond donors (Lipinski definition) is 2. The number of hydrogen-bond acceptors (Lipinski definition) is 4. The van der Waals surface area contributed by atoms with E-state index >= 15 is 0 Å². The number of nitrogens with one attached hydrogen (secondary N) is 2. The molecule has 0 amide bonds. The van der Waals surface area contributed by atoms with E-state index in [0.29, 0.717) is 28.3 Å². The Morgan fingerprint density at radius 1 is 0.964 bits per heavy atom. The minimum absolute atomic E-state index is 0.233. The maximum Gasteiger partial charge on any atom is 0.277 e. The molecule has 2 N–H and O–H groups in total. The molecule has 6 rings (SSSR count). The predicted octanol–water partition coefficient (Wildman–Crippen LogP) is 3.58. The van der Waals surface area contributed by atoms with Gasteiger partial charge in [-0.2, -0.15) is 4.52 Å². The van der Waals surface area contributed by atoms with E-state index in [0.717, 1.165) is 27.4 Å². The van der Waals surface area contributed by atoms with Crippen LogP contribution in [-0.4, -0.2) is 29.5 Å². The van der Waals surface area contributed by atoms with Crippen LogP contribution in [0.1, 0.15) is 5.56 Å². The lowest BCUT2D eigenvalue weighted by Crippen LogP contribution is -2.09. The Kier molecular flexibility index (Phi) is 2.84. The van der Waals surface area contributed by atoms with Crippen LogP contribution in [0.5, 0.6) is 0 Å². The van der Waals surface area contributed by atoms with Crippen LogP contribution in [0.4, 0.5) is 0 Å². The molecular formula is C21H14N6O. The number of pyridine rings is 1. The van der Waals surface area contributed by atoms with Crippen molar-refractivity contribution in [3.63, 3.8) is 0 Å². The lowest BCUT2D eigenvalue weighted by Gasteiger charge is -1.98. The Morgan fingerprint density at radius 3 is 2.68 bits per heavy atom. The van der Waals surface area contributed by atoms with Crippen LogP contribution in [0.2, 0.25) is 0 Å². The Morgan fingerprint density at radius 2 is 1.82 bits per heavy atom. The van der Waals surface area contributed by atoms with Gasteiger partial charge in [-0.3, -0.25) is 4.79 Å². The van der Waals surface area contributed by atoms with Crippen molar-refractivity contribution >= 4 is 38.7 Å². The lowest BCUT2D eigenvalue weighted by atomic mass is 10.1. The van der Waals surface area contributed by atoms with Crippen molar-refractivity contribution in [3.8, 4) is 11.4 Å². The van der Waals surface area contributed by atoms with Gasteiger partial charge in [-0.15, -0.1) is 5.10 Å². The number of H-pyrrole nitrogens is 2. The van der Waals surface area contributed by atoms with Gasteiger partial charge in [-0.25, -0.2) is 9.97 Å². The van der Waals surface area contributed by atoms with Gasteiger partial charge in [0.15, 0.2) is 16.8 Å². The highest BCUT2D eigenvalue weighted by Gasteiger charge is 2.16. The van der Waals surface area contributed by atoms with Crippen molar-refractivity contribution in [1.29, 1.82) is 0 Å². The maximum absolute atomic E-state index is 12.7. The standard InChI is InChI=1S/C21H14N6O/c1-11-7-8-13-10-14-18(22-15(13)9-11)26-27-19(14)25-21(28)16-20(27)24-17(23-16)12-5-3-2-4-6-12/h2-10H,1H3,(H,23,24)(H,25,28). The van der Waals surface area contributed by atoms with Gasteiger partial charge in [0.05, 0.1) is 10.9 Å². The molecule has 0 radical (unpaired) electrons. The number of imidazole rings is 1. The summed E-state index contributed by atoms with van der Waals surface area (Å²) in [6.45, 7) is 2.03. The first-order valence-electron chi connectivity index (χ1n) is 8.95. The van der Waals surface area contributed by atoms with Crippen LogP contribution in [0, 0.1) is 6.92 Å². The third kappa shape index (κ3) is 2.04. The zero-order valence-corrected chi connectivity index (χ0v) is 14.9. The van der Waals surface area contributed by atoms with E-state index in [4.69, 9.17) is 0 Å². The normalized spacial score (nSPS) is 11.9. The molecule has 7 nitrogen and oxygen atoms in total. The van der Waals surface area contributed by atoms with Crippen LogP contribution >= 0.6 is 0 Å². The van der Waals surface area contributed by atoms with Crippen LogP contribution in [-0.2, 0) is 0 Å². The van der Waals surface area contributed by atoms with Crippen LogP contribution in [0.3, 0.4) is 0 Å². The van der Waals surface area contributed by atoms with Gasteiger partial charge in [0.25, 0.3) is 5.56 Å². The first-order chi connectivity index (χ1) is 13.7. The topological polar surface area (TPSA) is 91.7 Å². The smallest absolute Gasteiger partial charge is 0.277 e. The fourth-order valence-corrected chi connectivity index (χ4v) is 3.63. The molecule has 0 atom stereocenters. The highest BCUT2D eigenvalue weighted by Crippen LogP contribution is 2.25. The zero-order chi connectivity index (χ0) is 18.8. The third-order valence-corrected chi connectivity index (χ3v) is 5.01. The number of rotatable bonds is 1. The molecule has 0 saturated heterocycles. The van der Waals surface area contributed by atoms with Crippen molar-refractivity contribution in [1.82, 2.24) is 29.5 Å². The predicted molar refractivity (Wildman–Crippen MR) is 108 cm³/mol. The molecule has 7 heteroatoms. The molecule has 0 saturated carbocycles. The molecule has 0 bridgehead atoms. The van der Waals surface area contributed by atoms with Crippen molar-refractivity contribution in [3.05, 3.63) is 70.5 Å². The zero-order valence-electron chi connectivity index (χ0n) is 14.9. The van der Waals surface area contributed by atoms with Crippen molar-refractivity contribution in [2.45, 2.75) is 6.92 Å². The summed E-state index contributed by atoms with van der Waals surface area (Å²) in [6.07, 6.45) is 0. The molecule has 4 aromatic heterocycles. The summed E-state index contributed by atoms with van der Waals surface area (Å²) >= 11 is 0. The quantitative estimate of drug-likeness (QED) is 0.465. The number of aromatic amines is 2. The Balaban J connectivity index is 1.72. The molecular weight excluding hydrogens is 352 g/mol. The molecule has 0 aliphatic carbocycles. The van der Waals surface area contributed by atoms with Gasteiger partial charge in [-0.05, 0) is 24.6 Å². The van der Waals surface area contributed by atoms with Crippen molar-refractivity contribution in [2.75, 3.05) is 0 Å². The first-order valence-corrected chi connectivity index (χ1v) is 8.95. The van der Waals surface area contributed by atoms with E-state index in [9.17, 15) is 4.79 Å². The maximum atomic E-state index is 12.7. The summed E-state index contributed by atoms with van der Waals surface area (Å²) in [5.41, 5.74) is 4.72. The van der Waals surface area contributed by atoms with E-state index in [1.54, 1.807) is 4.52 Å². The second kappa shape index (κ2) is 5.26. The van der Waals surface area contributed by atoms with Crippen LogP contribution in [0.25, 0.3) is 50.1 Å². The summed E-state index contributed by atoms with van der Waals surface area (Å²) in [5.74, 6) is 0.627. The average molecular weight is 366 g/mol. The van der Waals surface area contributed by atoms with Gasteiger partial charge in [0.2, 0.25) is 0 Å². The molecule has 0 aliphatic heterocycles. The van der Waals surface area contributed by atoms with Gasteiger partial charge < -0.3 is 9.97 Å². The number of fused-ring (bicyclic) bond motifs is 6. The van der Waals surface area contributed by atoms with Gasteiger partial charge in [0.1, 0.15) is 11.5 Å². The average Bonchev–Trinajstić information content (AvgIpc) is 3.29. The van der Waals surface area contributed by atoms with E-state index in [1.165, 1.54) is 0 Å². The molecule has 0 fully saturated rings. The van der Waals surface area contributed by atoms with Crippen LogP contribution in [0.15, 0.2) is 59.4 Å². The fraction of sp³-hybridized carbons (Fsp3) is 0.0476. The van der Waals surface area contributed by atoms with E-state index < -0.39 is 0 Å². The number of nitrogens with zero attached hydrogens (tertiary/aromatic N) is 4. The van der Waals surface area contributed by atoms with E-state index in [-0.39, 0.29) is 5.56 Å². The summed E-state index contributed by atoms with van der Waals surface area (Å²) < 4.78 is 1.66. The van der Waals surface area contributed by atoms with Crippen molar-refractivity contribution in [2.24, 2.45) is 0 Å². The van der Waals surface area contributed by atoms with Crippen LogP contribution < -0.4 is 5.56 Å². The number of aromatic nitrogens is 6. The van der Waals surface area contributed by atoms with E-state index in [1.807, 2.05) is 61.5 Å². The Bertz CT molecular complexity index is 1590. The SMILES string of the molecule is Cc1ccc2cc3c(nc2c1)nn1c2nc(-c4ccccc4)[nH]c2c(=O)[nH]c31. The number of aryl methyl sites for hydroxylation is 1. The summed E-state index contributed by atoms with van der Waals surface area (Å²) in [6, 6.07) is 17.8. The molecule has 2 aromatic carbocycles. The number of benzene rings is 2.